The molecule has 1 aliphatic heterocycles. The number of benzene rings is 2. The highest BCUT2D eigenvalue weighted by Crippen LogP contribution is 2.28. The Kier molecular flexibility index (Phi) is 8.61. The van der Waals surface area contributed by atoms with Gasteiger partial charge in [-0.15, -0.1) is 0 Å². The van der Waals surface area contributed by atoms with Gasteiger partial charge in [-0.05, 0) is 73.1 Å². The zero-order valence-corrected chi connectivity index (χ0v) is 24.2. The quantitative estimate of drug-likeness (QED) is 0.522. The summed E-state index contributed by atoms with van der Waals surface area (Å²) >= 11 is 0. The molecule has 208 valence electrons. The van der Waals surface area contributed by atoms with E-state index >= 15 is 0 Å². The van der Waals surface area contributed by atoms with E-state index in [0.29, 0.717) is 25.9 Å². The van der Waals surface area contributed by atoms with Crippen LogP contribution in [0.1, 0.15) is 70.3 Å². The lowest BCUT2D eigenvalue weighted by atomic mass is 9.86. The molecule has 0 radical (unpaired) electrons. The molecule has 0 spiro atoms. The third kappa shape index (κ3) is 7.12. The molecule has 0 unspecified atom stereocenters. The maximum absolute atomic E-state index is 14.6. The molecule has 3 rings (SSSR count). The van der Waals surface area contributed by atoms with E-state index in [9.17, 15) is 22.4 Å². The molecule has 1 saturated heterocycles. The van der Waals surface area contributed by atoms with Crippen LogP contribution in [0.2, 0.25) is 0 Å². The minimum atomic E-state index is -3.26. The van der Waals surface area contributed by atoms with Gasteiger partial charge in [0.05, 0.1) is 10.5 Å². The summed E-state index contributed by atoms with van der Waals surface area (Å²) in [6.45, 7) is 12.8. The highest BCUT2D eigenvalue weighted by Gasteiger charge is 2.36. The Morgan fingerprint density at radius 3 is 2.11 bits per heavy atom. The number of nitrogens with zero attached hydrogens (tertiary/aromatic N) is 1. The molecule has 1 aliphatic rings. The number of amides is 2. The predicted octanol–water partition coefficient (Wildman–Crippen LogP) is 4.77. The maximum Gasteiger partial charge on any atom is 0.254 e. The Morgan fingerprint density at radius 1 is 1.03 bits per heavy atom. The third-order valence-corrected chi connectivity index (χ3v) is 8.33. The first-order chi connectivity index (χ1) is 17.5. The second-order valence-electron chi connectivity index (χ2n) is 11.9. The van der Waals surface area contributed by atoms with E-state index in [-0.39, 0.29) is 33.2 Å². The van der Waals surface area contributed by atoms with Crippen molar-refractivity contribution in [2.75, 3.05) is 24.7 Å². The lowest BCUT2D eigenvalue weighted by Crippen LogP contribution is -2.56. The van der Waals surface area contributed by atoms with E-state index in [0.717, 1.165) is 11.3 Å². The summed E-state index contributed by atoms with van der Waals surface area (Å²) in [5.74, 6) is -1.57. The van der Waals surface area contributed by atoms with E-state index in [4.69, 9.17) is 0 Å². The SMILES string of the molecule is CC(C)[C@@H](NC(=O)c1cc(C(C)(C)C)ccc1F)C(=O)N1CCC(C)(Nc2ccc(S(C)(=O)=O)cc2)CC1. The van der Waals surface area contributed by atoms with Gasteiger partial charge in [-0.3, -0.25) is 9.59 Å². The summed E-state index contributed by atoms with van der Waals surface area (Å²) in [6.07, 6.45) is 2.52. The van der Waals surface area contributed by atoms with E-state index in [1.165, 1.54) is 12.3 Å². The number of sulfone groups is 1. The van der Waals surface area contributed by atoms with Gasteiger partial charge in [0.1, 0.15) is 11.9 Å². The largest absolute Gasteiger partial charge is 0.380 e. The number of hydrogen-bond donors (Lipinski definition) is 2. The van der Waals surface area contributed by atoms with Crippen molar-refractivity contribution < 1.29 is 22.4 Å². The monoisotopic (exact) mass is 545 g/mol. The molecule has 2 aromatic carbocycles. The van der Waals surface area contributed by atoms with Gasteiger partial charge < -0.3 is 15.5 Å². The second kappa shape index (κ2) is 11.0. The van der Waals surface area contributed by atoms with Gasteiger partial charge in [-0.1, -0.05) is 40.7 Å². The molecule has 2 amide bonds. The third-order valence-electron chi connectivity index (χ3n) is 7.20. The Labute approximate surface area is 226 Å². The number of piperidine rings is 1. The zero-order valence-electron chi connectivity index (χ0n) is 23.4. The van der Waals surface area contributed by atoms with Crippen molar-refractivity contribution in [3.63, 3.8) is 0 Å². The van der Waals surface area contributed by atoms with Crippen molar-refractivity contribution >= 4 is 27.3 Å². The van der Waals surface area contributed by atoms with Crippen LogP contribution in [0.5, 0.6) is 0 Å². The molecule has 1 heterocycles. The topological polar surface area (TPSA) is 95.6 Å². The molecular weight excluding hydrogens is 505 g/mol. The zero-order chi connectivity index (χ0) is 28.5. The Morgan fingerprint density at radius 2 is 1.61 bits per heavy atom. The fourth-order valence-corrected chi connectivity index (χ4v) is 5.21. The molecule has 0 bridgehead atoms. The van der Waals surface area contributed by atoms with E-state index < -0.39 is 27.6 Å². The normalized spacial score (nSPS) is 16.7. The minimum Gasteiger partial charge on any atom is -0.380 e. The average Bonchev–Trinajstić information content (AvgIpc) is 2.81. The summed E-state index contributed by atoms with van der Waals surface area (Å²) in [4.78, 5) is 28.5. The van der Waals surface area contributed by atoms with Crippen molar-refractivity contribution in [2.24, 2.45) is 5.92 Å². The highest BCUT2D eigenvalue weighted by atomic mass is 32.2. The van der Waals surface area contributed by atoms with Gasteiger partial charge >= 0.3 is 0 Å². The van der Waals surface area contributed by atoms with E-state index in [1.807, 2.05) is 34.6 Å². The van der Waals surface area contributed by atoms with Crippen LogP contribution in [0.3, 0.4) is 0 Å². The van der Waals surface area contributed by atoms with Gasteiger partial charge in [0.25, 0.3) is 5.91 Å². The van der Waals surface area contributed by atoms with E-state index in [1.54, 1.807) is 41.3 Å². The van der Waals surface area contributed by atoms with Crippen LogP contribution in [0.15, 0.2) is 47.4 Å². The van der Waals surface area contributed by atoms with Gasteiger partial charge in [0, 0.05) is 30.6 Å². The molecular formula is C29H40FN3O4S. The van der Waals surface area contributed by atoms with Crippen molar-refractivity contribution in [1.29, 1.82) is 0 Å². The van der Waals surface area contributed by atoms with Crippen molar-refractivity contribution in [3.05, 3.63) is 59.4 Å². The predicted molar refractivity (Wildman–Crippen MR) is 149 cm³/mol. The lowest BCUT2D eigenvalue weighted by molar-refractivity contribution is -0.135. The number of rotatable bonds is 7. The summed E-state index contributed by atoms with van der Waals surface area (Å²) in [5, 5.41) is 6.27. The maximum atomic E-state index is 14.6. The van der Waals surface area contributed by atoms with Gasteiger partial charge in [-0.25, -0.2) is 12.8 Å². The van der Waals surface area contributed by atoms with Crippen LogP contribution in [0, 0.1) is 11.7 Å². The van der Waals surface area contributed by atoms with Crippen LogP contribution >= 0.6 is 0 Å². The van der Waals surface area contributed by atoms with Crippen LogP contribution in [0.4, 0.5) is 10.1 Å². The van der Waals surface area contributed by atoms with E-state index in [2.05, 4.69) is 17.6 Å². The van der Waals surface area contributed by atoms with Crippen LogP contribution in [0.25, 0.3) is 0 Å². The lowest BCUT2D eigenvalue weighted by Gasteiger charge is -2.42. The molecule has 7 nitrogen and oxygen atoms in total. The molecule has 9 heteroatoms. The molecule has 0 aliphatic carbocycles. The van der Waals surface area contributed by atoms with Gasteiger partial charge in [0.2, 0.25) is 5.91 Å². The van der Waals surface area contributed by atoms with Crippen molar-refractivity contribution in [2.45, 2.75) is 76.3 Å². The minimum absolute atomic E-state index is 0.0619. The molecule has 0 saturated carbocycles. The van der Waals surface area contributed by atoms with Crippen LogP contribution in [-0.4, -0.2) is 56.1 Å². The fourth-order valence-electron chi connectivity index (χ4n) is 4.57. The second-order valence-corrected chi connectivity index (χ2v) is 14.0. The number of hydrogen-bond acceptors (Lipinski definition) is 5. The number of carbonyl (C=O) groups is 2. The Bertz CT molecular complexity index is 1280. The molecule has 0 aromatic heterocycles. The van der Waals surface area contributed by atoms with Crippen LogP contribution in [-0.2, 0) is 20.0 Å². The fraction of sp³-hybridized carbons (Fsp3) is 0.517. The molecule has 2 N–H and O–H groups in total. The van der Waals surface area contributed by atoms with Crippen LogP contribution < -0.4 is 10.6 Å². The smallest absolute Gasteiger partial charge is 0.254 e. The highest BCUT2D eigenvalue weighted by molar-refractivity contribution is 7.90. The summed E-state index contributed by atoms with van der Waals surface area (Å²) in [7, 11) is -3.26. The number of likely N-dealkylation sites (tertiary alicyclic amines) is 1. The first-order valence-electron chi connectivity index (χ1n) is 13.0. The summed E-state index contributed by atoms with van der Waals surface area (Å²) in [5.41, 5.74) is 1.06. The van der Waals surface area contributed by atoms with Gasteiger partial charge in [-0.2, -0.15) is 0 Å². The van der Waals surface area contributed by atoms with Gasteiger partial charge in [0.15, 0.2) is 9.84 Å². The standard InChI is InChI=1S/C29H40FN3O4S/c1-19(2)25(31-26(34)23-18-20(28(3,4)5)8-13-24(23)30)27(35)33-16-14-29(6,15-17-33)32-21-9-11-22(12-10-21)38(7,36)37/h8-13,18-19,25,32H,14-17H2,1-7H3,(H,31,34)/t25-/m1/s1. The Balaban J connectivity index is 1.67. The molecule has 2 aromatic rings. The number of nitrogens with one attached hydrogen (secondary N) is 2. The molecule has 38 heavy (non-hydrogen) atoms. The molecule has 1 fully saturated rings. The molecule has 1 atom stereocenters. The number of carbonyl (C=O) groups excluding carboxylic acids is 2. The van der Waals surface area contributed by atoms with Crippen molar-refractivity contribution in [3.8, 4) is 0 Å². The number of halogens is 1. The van der Waals surface area contributed by atoms with Crippen molar-refractivity contribution in [1.82, 2.24) is 10.2 Å². The number of anilines is 1. The summed E-state index contributed by atoms with van der Waals surface area (Å²) in [6, 6.07) is 10.4. The first-order valence-corrected chi connectivity index (χ1v) is 14.9. The average molecular weight is 546 g/mol. The Hall–Kier alpha value is -2.94. The summed E-state index contributed by atoms with van der Waals surface area (Å²) < 4.78 is 38.0. The first kappa shape index (κ1) is 29.6.